The molecule has 0 saturated carbocycles. The van der Waals surface area contributed by atoms with Crippen LogP contribution in [0.25, 0.3) is 122 Å². The largest absolute Gasteiger partial charge is 0.248 e. The van der Waals surface area contributed by atoms with Gasteiger partial charge in [0.2, 0.25) is 0 Å². The summed E-state index contributed by atoms with van der Waals surface area (Å²) in [7, 11) is 0. The molecule has 0 bridgehead atoms. The molecule has 72 heavy (non-hydrogen) atoms. The average molecular weight is 921 g/mol. The highest BCUT2D eigenvalue weighted by Crippen LogP contribution is 2.52. The lowest BCUT2D eigenvalue weighted by molar-refractivity contribution is 0.660. The molecule has 3 heterocycles. The van der Waals surface area contributed by atoms with E-state index < -0.39 is 0 Å². The molecule has 14 rings (SSSR count). The monoisotopic (exact) mass is 920 g/mol. The minimum Gasteiger partial charge on any atom is -0.248 e. The third-order valence-electron chi connectivity index (χ3n) is 15.7. The lowest BCUT2D eigenvalue weighted by Gasteiger charge is -2.23. The van der Waals surface area contributed by atoms with E-state index in [0.29, 0.717) is 5.82 Å². The second kappa shape index (κ2) is 15.8. The molecule has 9 aromatic carbocycles. The smallest absolute Gasteiger partial charge is 0.160 e. The van der Waals surface area contributed by atoms with E-state index in [4.69, 9.17) is 19.9 Å². The van der Waals surface area contributed by atoms with Gasteiger partial charge in [-0.25, -0.2) is 19.9 Å². The van der Waals surface area contributed by atoms with Crippen molar-refractivity contribution in [2.24, 2.45) is 0 Å². The van der Waals surface area contributed by atoms with Crippen LogP contribution in [-0.2, 0) is 10.8 Å². The molecule has 3 aromatic heterocycles. The lowest BCUT2D eigenvalue weighted by Crippen LogP contribution is -2.15. The number of nitrogens with zero attached hydrogens (tertiary/aromatic N) is 4. The highest BCUT2D eigenvalue weighted by molar-refractivity contribution is 6.05. The van der Waals surface area contributed by atoms with Gasteiger partial charge in [0.05, 0.1) is 33.6 Å². The van der Waals surface area contributed by atoms with Crippen molar-refractivity contribution in [2.45, 2.75) is 38.5 Å². The topological polar surface area (TPSA) is 51.6 Å². The van der Waals surface area contributed by atoms with Crippen LogP contribution in [0, 0.1) is 0 Å². The van der Waals surface area contributed by atoms with Crippen molar-refractivity contribution in [3.8, 4) is 89.7 Å². The fourth-order valence-electron chi connectivity index (χ4n) is 11.8. The Hall–Kier alpha value is -8.86. The molecule has 0 aliphatic heterocycles. The van der Waals surface area contributed by atoms with Crippen molar-refractivity contribution in [2.75, 3.05) is 0 Å². The molecule has 0 radical (unpaired) electrons. The average Bonchev–Trinajstić information content (AvgIpc) is 3.81. The molecule has 0 unspecified atom stereocenters. The number of hydrogen-bond donors (Lipinski definition) is 0. The molecule has 0 fully saturated rings. The van der Waals surface area contributed by atoms with Crippen molar-refractivity contribution >= 4 is 32.7 Å². The maximum absolute atomic E-state index is 5.62. The molecule has 0 N–H and O–H groups in total. The number of benzene rings is 9. The zero-order valence-electron chi connectivity index (χ0n) is 40.6. The van der Waals surface area contributed by atoms with E-state index in [9.17, 15) is 0 Å². The Morgan fingerprint density at radius 1 is 0.292 bits per heavy atom. The molecule has 340 valence electrons. The van der Waals surface area contributed by atoms with Gasteiger partial charge >= 0.3 is 0 Å². The van der Waals surface area contributed by atoms with Crippen molar-refractivity contribution in [3.63, 3.8) is 0 Å². The van der Waals surface area contributed by atoms with E-state index in [1.165, 1.54) is 44.5 Å². The standard InChI is InChI=1S/C68H48N4/c1-67(2)56-17-9-7-15-50(56)52-33-29-47(39-58(52)67)49-37-54(48-30-34-53-51-16-8-10-18-57(51)68(3,4)59(53)40-48)65-55(38-49)64(45-25-21-43(22-26-45)62-35-31-41-13-5-11-19-60(41)69-62)71-66(72-65)46-27-23-44(24-28-46)63-36-32-42-14-6-12-20-61(42)70-63/h5-40H,1-4H3. The Bertz CT molecular complexity index is 4200. The van der Waals surface area contributed by atoms with E-state index in [1.807, 2.05) is 12.1 Å². The molecule has 0 saturated heterocycles. The summed E-state index contributed by atoms with van der Waals surface area (Å²) in [6.07, 6.45) is 0. The summed E-state index contributed by atoms with van der Waals surface area (Å²) in [6, 6.07) is 78.9. The van der Waals surface area contributed by atoms with Crippen LogP contribution in [0.3, 0.4) is 0 Å². The molecule has 0 spiro atoms. The van der Waals surface area contributed by atoms with Gasteiger partial charge in [-0.3, -0.25) is 0 Å². The highest BCUT2D eigenvalue weighted by atomic mass is 14.9. The van der Waals surface area contributed by atoms with Gasteiger partial charge in [0.1, 0.15) is 0 Å². The van der Waals surface area contributed by atoms with Crippen LogP contribution in [0.2, 0.25) is 0 Å². The second-order valence-electron chi connectivity index (χ2n) is 20.6. The molecule has 0 amide bonds. The fourth-order valence-corrected chi connectivity index (χ4v) is 11.8. The van der Waals surface area contributed by atoms with E-state index in [-0.39, 0.29) is 10.8 Å². The summed E-state index contributed by atoms with van der Waals surface area (Å²) in [5.74, 6) is 0.663. The van der Waals surface area contributed by atoms with Gasteiger partial charge in [-0.1, -0.05) is 198 Å². The van der Waals surface area contributed by atoms with Gasteiger partial charge in [0.25, 0.3) is 0 Å². The van der Waals surface area contributed by atoms with Crippen molar-refractivity contribution in [3.05, 3.63) is 241 Å². The maximum atomic E-state index is 5.62. The number of fused-ring (bicyclic) bond motifs is 9. The van der Waals surface area contributed by atoms with Gasteiger partial charge in [-0.2, -0.15) is 0 Å². The summed E-state index contributed by atoms with van der Waals surface area (Å²) in [6.45, 7) is 9.42. The molecular formula is C68H48N4. The minimum atomic E-state index is -0.176. The number of rotatable bonds is 6. The van der Waals surface area contributed by atoms with Crippen LogP contribution in [0.15, 0.2) is 218 Å². The maximum Gasteiger partial charge on any atom is 0.160 e. The molecule has 0 atom stereocenters. The summed E-state index contributed by atoms with van der Waals surface area (Å²) >= 11 is 0. The Balaban J connectivity index is 0.988. The van der Waals surface area contributed by atoms with Crippen LogP contribution in [0.5, 0.6) is 0 Å². The Morgan fingerprint density at radius 3 is 1.33 bits per heavy atom. The third kappa shape index (κ3) is 6.59. The van der Waals surface area contributed by atoms with E-state index >= 15 is 0 Å². The lowest BCUT2D eigenvalue weighted by atomic mass is 9.81. The van der Waals surface area contributed by atoms with E-state index in [1.54, 1.807) is 0 Å². The quantitative estimate of drug-likeness (QED) is 0.167. The zero-order valence-corrected chi connectivity index (χ0v) is 40.6. The van der Waals surface area contributed by atoms with Gasteiger partial charge in [0.15, 0.2) is 5.82 Å². The summed E-state index contributed by atoms with van der Waals surface area (Å²) < 4.78 is 0. The predicted octanol–water partition coefficient (Wildman–Crippen LogP) is 17.3. The summed E-state index contributed by atoms with van der Waals surface area (Å²) in [4.78, 5) is 21.3. The van der Waals surface area contributed by atoms with Crippen LogP contribution < -0.4 is 0 Å². The number of pyridine rings is 2. The summed E-state index contributed by atoms with van der Waals surface area (Å²) in [5, 5.41) is 3.24. The van der Waals surface area contributed by atoms with Gasteiger partial charge in [-0.05, 0) is 110 Å². The minimum absolute atomic E-state index is 0.146. The molecule has 12 aromatic rings. The molecule has 4 heteroatoms. The van der Waals surface area contributed by atoms with Crippen LogP contribution >= 0.6 is 0 Å². The predicted molar refractivity (Wildman–Crippen MR) is 298 cm³/mol. The second-order valence-corrected chi connectivity index (χ2v) is 20.6. The first kappa shape index (κ1) is 42.1. The normalized spacial score (nSPS) is 13.8. The Labute approximate surface area is 419 Å². The van der Waals surface area contributed by atoms with Crippen molar-refractivity contribution in [1.82, 2.24) is 19.9 Å². The van der Waals surface area contributed by atoms with Crippen molar-refractivity contribution < 1.29 is 0 Å². The summed E-state index contributed by atoms with van der Waals surface area (Å²) in [5.41, 5.74) is 24.4. The number of para-hydroxylation sites is 2. The van der Waals surface area contributed by atoms with Gasteiger partial charge < -0.3 is 0 Å². The first-order chi connectivity index (χ1) is 35.2. The molecule has 2 aliphatic rings. The van der Waals surface area contributed by atoms with Crippen molar-refractivity contribution in [1.29, 1.82) is 0 Å². The van der Waals surface area contributed by atoms with Gasteiger partial charge in [0, 0.05) is 54.8 Å². The number of aromatic nitrogens is 4. The SMILES string of the molecule is CC1(C)c2ccccc2-c2ccc(-c3cc(-c4ccc5c(c4)C(C)(C)c4ccccc4-5)c4nc(-c5ccc(-c6ccc7ccccc7n6)cc5)nc(-c5ccc(-c6ccc7ccccc7n6)cc5)c4c3)cc21. The first-order valence-corrected chi connectivity index (χ1v) is 24.9. The van der Waals surface area contributed by atoms with Crippen LogP contribution in [-0.4, -0.2) is 19.9 Å². The number of hydrogen-bond acceptors (Lipinski definition) is 4. The van der Waals surface area contributed by atoms with E-state index in [2.05, 4.69) is 234 Å². The first-order valence-electron chi connectivity index (χ1n) is 24.9. The van der Waals surface area contributed by atoms with Crippen LogP contribution in [0.1, 0.15) is 49.9 Å². The Kier molecular flexibility index (Phi) is 9.25. The zero-order chi connectivity index (χ0) is 48.3. The molecule has 4 nitrogen and oxygen atoms in total. The fraction of sp³-hybridized carbons (Fsp3) is 0.0882. The Morgan fingerprint density at radius 2 is 0.750 bits per heavy atom. The molecule has 2 aliphatic carbocycles. The van der Waals surface area contributed by atoms with E-state index in [0.717, 1.165) is 94.3 Å². The van der Waals surface area contributed by atoms with Crippen LogP contribution in [0.4, 0.5) is 0 Å². The molecular weight excluding hydrogens is 873 g/mol. The van der Waals surface area contributed by atoms with Gasteiger partial charge in [-0.15, -0.1) is 0 Å². The third-order valence-corrected chi connectivity index (χ3v) is 15.7. The highest BCUT2D eigenvalue weighted by Gasteiger charge is 2.37.